The Balaban J connectivity index is 1.75. The average molecular weight is 325 g/mol. The number of benzene rings is 2. The second-order valence-electron chi connectivity index (χ2n) is 5.86. The van der Waals surface area contributed by atoms with Crippen LogP contribution in [0.25, 0.3) is 28.0 Å². The molecule has 0 aliphatic carbocycles. The summed E-state index contributed by atoms with van der Waals surface area (Å²) in [5.41, 5.74) is 6.35. The van der Waals surface area contributed by atoms with E-state index in [4.69, 9.17) is 5.26 Å². The van der Waals surface area contributed by atoms with E-state index in [1.54, 1.807) is 12.1 Å². The molecule has 2 aromatic heterocycles. The average Bonchev–Trinajstić information content (AvgIpc) is 3.11. The van der Waals surface area contributed by atoms with Gasteiger partial charge in [0, 0.05) is 18.0 Å². The van der Waals surface area contributed by atoms with Gasteiger partial charge in [0.1, 0.15) is 5.65 Å². The topological polar surface area (TPSA) is 61.3 Å². The van der Waals surface area contributed by atoms with Crippen molar-refractivity contribution < 1.29 is 5.11 Å². The van der Waals surface area contributed by atoms with E-state index >= 15 is 0 Å². The maximum absolute atomic E-state index is 9.31. The molecule has 0 spiro atoms. The Labute approximate surface area is 145 Å². The van der Waals surface area contributed by atoms with Gasteiger partial charge < -0.3 is 9.51 Å². The third-order valence-corrected chi connectivity index (χ3v) is 4.20. The van der Waals surface area contributed by atoms with Crippen molar-refractivity contribution in [2.24, 2.45) is 0 Å². The first kappa shape index (κ1) is 15.1. The first-order valence-electron chi connectivity index (χ1n) is 7.96. The molecular weight excluding hydrogens is 310 g/mol. The Morgan fingerprint density at radius 3 is 2.48 bits per heavy atom. The van der Waals surface area contributed by atoms with E-state index in [1.165, 1.54) is 0 Å². The summed E-state index contributed by atoms with van der Waals surface area (Å²) in [7, 11) is 0. The molecule has 25 heavy (non-hydrogen) atoms. The van der Waals surface area contributed by atoms with Gasteiger partial charge in [-0.1, -0.05) is 30.3 Å². The first-order chi connectivity index (χ1) is 12.3. The van der Waals surface area contributed by atoms with Gasteiger partial charge in [0.05, 0.1) is 23.9 Å². The Morgan fingerprint density at radius 2 is 1.72 bits per heavy atom. The molecule has 4 heteroatoms. The van der Waals surface area contributed by atoms with E-state index in [2.05, 4.69) is 11.1 Å². The van der Waals surface area contributed by atoms with Crippen LogP contribution >= 0.6 is 0 Å². The van der Waals surface area contributed by atoms with Crippen molar-refractivity contribution in [3.8, 4) is 28.5 Å². The van der Waals surface area contributed by atoms with E-state index in [-0.39, 0.29) is 6.61 Å². The fourth-order valence-electron chi connectivity index (χ4n) is 2.87. The molecule has 0 amide bonds. The number of hydrogen-bond acceptors (Lipinski definition) is 3. The van der Waals surface area contributed by atoms with Gasteiger partial charge in [0.15, 0.2) is 0 Å². The van der Waals surface area contributed by atoms with Crippen LogP contribution in [-0.2, 0) is 6.61 Å². The van der Waals surface area contributed by atoms with E-state index in [0.29, 0.717) is 5.56 Å². The molecule has 0 aliphatic heterocycles. The number of rotatable bonds is 3. The second kappa shape index (κ2) is 6.23. The number of aromatic nitrogens is 2. The quantitative estimate of drug-likeness (QED) is 0.618. The van der Waals surface area contributed by atoms with Gasteiger partial charge in [-0.05, 0) is 47.0 Å². The molecule has 1 N–H and O–H groups in total. The summed E-state index contributed by atoms with van der Waals surface area (Å²) in [5, 5.41) is 18.2. The third kappa shape index (κ3) is 2.89. The molecule has 2 heterocycles. The Kier molecular flexibility index (Phi) is 3.77. The second-order valence-corrected chi connectivity index (χ2v) is 5.86. The minimum Gasteiger partial charge on any atom is -0.392 e. The van der Waals surface area contributed by atoms with Crippen LogP contribution in [0.5, 0.6) is 0 Å². The minimum absolute atomic E-state index is 0.0317. The zero-order chi connectivity index (χ0) is 17.2. The van der Waals surface area contributed by atoms with Crippen molar-refractivity contribution in [3.63, 3.8) is 0 Å². The van der Waals surface area contributed by atoms with Gasteiger partial charge in [0.2, 0.25) is 0 Å². The fraction of sp³-hybridized carbons (Fsp3) is 0.0476. The number of aliphatic hydroxyl groups is 1. The summed E-state index contributed by atoms with van der Waals surface area (Å²) in [6, 6.07) is 21.4. The molecular formula is C21H15N3O. The van der Waals surface area contributed by atoms with Crippen molar-refractivity contribution >= 4 is 5.65 Å². The number of pyridine rings is 1. The van der Waals surface area contributed by atoms with Gasteiger partial charge in [-0.3, -0.25) is 0 Å². The van der Waals surface area contributed by atoms with Crippen molar-refractivity contribution in [1.82, 2.24) is 9.38 Å². The zero-order valence-corrected chi connectivity index (χ0v) is 13.4. The molecule has 0 radical (unpaired) electrons. The molecule has 0 saturated heterocycles. The highest BCUT2D eigenvalue weighted by Crippen LogP contribution is 2.24. The molecule has 4 nitrogen and oxygen atoms in total. The summed E-state index contributed by atoms with van der Waals surface area (Å²) >= 11 is 0. The van der Waals surface area contributed by atoms with Crippen molar-refractivity contribution in [1.29, 1.82) is 5.26 Å². The molecule has 0 aliphatic rings. The summed E-state index contributed by atoms with van der Waals surface area (Å²) in [6.45, 7) is 0.0317. The van der Waals surface area contributed by atoms with E-state index in [0.717, 1.165) is 33.6 Å². The lowest BCUT2D eigenvalue weighted by Crippen LogP contribution is -1.87. The smallest absolute Gasteiger partial charge is 0.137 e. The van der Waals surface area contributed by atoms with Gasteiger partial charge in [-0.25, -0.2) is 4.98 Å². The molecule has 0 unspecified atom stereocenters. The van der Waals surface area contributed by atoms with Crippen LogP contribution < -0.4 is 0 Å². The predicted octanol–water partition coefficient (Wildman–Crippen LogP) is 4.03. The number of fused-ring (bicyclic) bond motifs is 1. The molecule has 4 aromatic rings. The van der Waals surface area contributed by atoms with Crippen LogP contribution in [0.1, 0.15) is 11.1 Å². The molecule has 4 rings (SSSR count). The molecule has 120 valence electrons. The molecule has 0 atom stereocenters. The molecule has 2 aromatic carbocycles. The molecule has 0 fully saturated rings. The summed E-state index contributed by atoms with van der Waals surface area (Å²) in [5.74, 6) is 0. The van der Waals surface area contributed by atoms with Gasteiger partial charge in [0.25, 0.3) is 0 Å². The number of nitriles is 1. The maximum Gasteiger partial charge on any atom is 0.137 e. The molecule has 0 bridgehead atoms. The lowest BCUT2D eigenvalue weighted by molar-refractivity contribution is 0.282. The Hall–Kier alpha value is -3.42. The number of imidazole rings is 1. The largest absolute Gasteiger partial charge is 0.392 e. The van der Waals surface area contributed by atoms with Gasteiger partial charge in [-0.2, -0.15) is 5.26 Å². The van der Waals surface area contributed by atoms with Gasteiger partial charge >= 0.3 is 0 Å². The summed E-state index contributed by atoms with van der Waals surface area (Å²) in [4.78, 5) is 4.65. The summed E-state index contributed by atoms with van der Waals surface area (Å²) < 4.78 is 1.99. The van der Waals surface area contributed by atoms with Crippen molar-refractivity contribution in [2.45, 2.75) is 6.61 Å². The zero-order valence-electron chi connectivity index (χ0n) is 13.4. The SMILES string of the molecule is N#Cc1ccc(-c2cn3cc(-c4cccc(CO)c4)ccc3n2)cc1. The minimum atomic E-state index is 0.0317. The van der Waals surface area contributed by atoms with Crippen LogP contribution in [0.4, 0.5) is 0 Å². The van der Waals surface area contributed by atoms with Gasteiger partial charge in [-0.15, -0.1) is 0 Å². The highest BCUT2D eigenvalue weighted by molar-refractivity contribution is 5.68. The van der Waals surface area contributed by atoms with Crippen LogP contribution in [0.2, 0.25) is 0 Å². The molecule has 0 saturated carbocycles. The van der Waals surface area contributed by atoms with Crippen LogP contribution in [0.3, 0.4) is 0 Å². The maximum atomic E-state index is 9.31. The lowest BCUT2D eigenvalue weighted by Gasteiger charge is -2.04. The first-order valence-corrected chi connectivity index (χ1v) is 7.96. The number of nitrogens with zero attached hydrogens (tertiary/aromatic N) is 3. The van der Waals surface area contributed by atoms with Crippen LogP contribution in [-0.4, -0.2) is 14.5 Å². The van der Waals surface area contributed by atoms with Crippen molar-refractivity contribution in [3.05, 3.63) is 84.2 Å². The Morgan fingerprint density at radius 1 is 0.920 bits per heavy atom. The lowest BCUT2D eigenvalue weighted by atomic mass is 10.1. The normalized spacial score (nSPS) is 10.7. The third-order valence-electron chi connectivity index (χ3n) is 4.20. The van der Waals surface area contributed by atoms with E-state index in [9.17, 15) is 5.11 Å². The van der Waals surface area contributed by atoms with E-state index in [1.807, 2.05) is 65.3 Å². The predicted molar refractivity (Wildman–Crippen MR) is 96.7 cm³/mol. The van der Waals surface area contributed by atoms with Crippen molar-refractivity contribution in [2.75, 3.05) is 0 Å². The standard InChI is InChI=1S/C21H15N3O/c22-11-15-4-6-17(7-5-15)20-13-24-12-19(8-9-21(24)23-20)18-3-1-2-16(10-18)14-25/h1-10,12-13,25H,14H2. The number of hydrogen-bond donors (Lipinski definition) is 1. The van der Waals surface area contributed by atoms with Crippen LogP contribution in [0, 0.1) is 11.3 Å². The van der Waals surface area contributed by atoms with E-state index < -0.39 is 0 Å². The monoisotopic (exact) mass is 325 g/mol. The number of aliphatic hydroxyl groups excluding tert-OH is 1. The fourth-order valence-corrected chi connectivity index (χ4v) is 2.87. The highest BCUT2D eigenvalue weighted by atomic mass is 16.3. The highest BCUT2D eigenvalue weighted by Gasteiger charge is 2.06. The summed E-state index contributed by atoms with van der Waals surface area (Å²) in [6.07, 6.45) is 4.02. The van der Waals surface area contributed by atoms with Crippen LogP contribution in [0.15, 0.2) is 73.1 Å². The Bertz CT molecular complexity index is 1090.